The van der Waals surface area contributed by atoms with Gasteiger partial charge in [0, 0.05) is 21.8 Å². The number of ether oxygens (including phenoxy) is 2. The first-order valence-electron chi connectivity index (χ1n) is 8.44. The average Bonchev–Trinajstić information content (AvgIpc) is 2.49. The largest absolute Gasteiger partial charge is 0.444 e. The van der Waals surface area contributed by atoms with E-state index in [1.165, 1.54) is 12.1 Å². The molecule has 2 atom stereocenters. The Hall–Kier alpha value is -1.09. The van der Waals surface area contributed by atoms with E-state index in [0.29, 0.717) is 26.2 Å². The summed E-state index contributed by atoms with van der Waals surface area (Å²) in [5.74, 6) is -0.251. The molecule has 0 saturated carbocycles. The quantitative estimate of drug-likeness (QED) is 0.677. The highest BCUT2D eigenvalue weighted by atomic mass is 127. The minimum atomic E-state index is -0.520. The lowest BCUT2D eigenvalue weighted by molar-refractivity contribution is -0.0345. The summed E-state index contributed by atoms with van der Waals surface area (Å²) in [6.07, 6.45) is 0.413. The summed E-state index contributed by atoms with van der Waals surface area (Å²) in [7, 11) is 0. The van der Waals surface area contributed by atoms with Crippen LogP contribution in [-0.2, 0) is 9.47 Å². The van der Waals surface area contributed by atoms with Gasteiger partial charge in [-0.2, -0.15) is 0 Å². The van der Waals surface area contributed by atoms with Gasteiger partial charge in [-0.3, -0.25) is 0 Å². The second-order valence-electron chi connectivity index (χ2n) is 7.31. The third-order valence-corrected chi connectivity index (χ3v) is 4.71. The Kier molecular flexibility index (Phi) is 6.90. The van der Waals surface area contributed by atoms with Crippen molar-refractivity contribution >= 4 is 34.4 Å². The molecule has 1 aromatic carbocycles. The predicted octanol–water partition coefficient (Wildman–Crippen LogP) is 4.26. The Balaban J connectivity index is 1.99. The summed E-state index contributed by atoms with van der Waals surface area (Å²) in [5.41, 5.74) is 0.364. The molecule has 1 fully saturated rings. The number of rotatable bonds is 4. The van der Waals surface area contributed by atoms with E-state index in [1.807, 2.05) is 27.7 Å². The van der Waals surface area contributed by atoms with Gasteiger partial charge < -0.3 is 19.7 Å². The van der Waals surface area contributed by atoms with Gasteiger partial charge in [-0.25, -0.2) is 9.18 Å². The second-order valence-corrected chi connectivity index (χ2v) is 8.47. The predicted molar refractivity (Wildman–Crippen MR) is 104 cm³/mol. The van der Waals surface area contributed by atoms with Gasteiger partial charge in [0.15, 0.2) is 0 Å². The number of carbonyl (C=O) groups excluding carboxylic acids is 1. The molecule has 0 aromatic heterocycles. The van der Waals surface area contributed by atoms with Crippen molar-refractivity contribution in [2.75, 3.05) is 25.1 Å². The monoisotopic (exact) mass is 464 g/mol. The Morgan fingerprint density at radius 3 is 2.88 bits per heavy atom. The van der Waals surface area contributed by atoms with Gasteiger partial charge in [0.1, 0.15) is 11.4 Å². The summed E-state index contributed by atoms with van der Waals surface area (Å²) in [5, 5.41) is 3.38. The van der Waals surface area contributed by atoms with Crippen molar-refractivity contribution in [1.82, 2.24) is 4.90 Å². The summed E-state index contributed by atoms with van der Waals surface area (Å²) in [4.78, 5) is 14.2. The molecule has 0 radical (unpaired) electrons. The minimum absolute atomic E-state index is 0.0517. The lowest BCUT2D eigenvalue weighted by Gasteiger charge is -2.37. The fourth-order valence-corrected chi connectivity index (χ4v) is 3.38. The van der Waals surface area contributed by atoms with E-state index >= 15 is 0 Å². The third kappa shape index (κ3) is 6.29. The SMILES string of the molecule is CC(CC1COCCN1C(=O)OC(C)(C)C)Nc1ccc(F)cc1I. The molecule has 1 aromatic rings. The van der Waals surface area contributed by atoms with E-state index in [9.17, 15) is 9.18 Å². The molecule has 1 saturated heterocycles. The Bertz CT molecular complexity index is 606. The number of morpholine rings is 1. The van der Waals surface area contributed by atoms with Gasteiger partial charge >= 0.3 is 6.09 Å². The van der Waals surface area contributed by atoms with Crippen LogP contribution in [0.5, 0.6) is 0 Å². The van der Waals surface area contributed by atoms with Crippen LogP contribution in [0.2, 0.25) is 0 Å². The molecular weight excluding hydrogens is 438 g/mol. The van der Waals surface area contributed by atoms with Crippen molar-refractivity contribution in [2.24, 2.45) is 0 Å². The smallest absolute Gasteiger partial charge is 0.410 e. The molecule has 25 heavy (non-hydrogen) atoms. The van der Waals surface area contributed by atoms with E-state index in [2.05, 4.69) is 27.9 Å². The van der Waals surface area contributed by atoms with Crippen molar-refractivity contribution in [2.45, 2.75) is 51.8 Å². The summed E-state index contributed by atoms with van der Waals surface area (Å²) in [6, 6.07) is 4.71. The summed E-state index contributed by atoms with van der Waals surface area (Å²) in [6.45, 7) is 9.17. The number of nitrogens with zero attached hydrogens (tertiary/aromatic N) is 1. The fourth-order valence-electron chi connectivity index (χ4n) is 2.75. The van der Waals surface area contributed by atoms with E-state index in [1.54, 1.807) is 11.0 Å². The van der Waals surface area contributed by atoms with E-state index in [-0.39, 0.29) is 24.0 Å². The first-order valence-corrected chi connectivity index (χ1v) is 9.52. The van der Waals surface area contributed by atoms with Crippen LogP contribution in [0, 0.1) is 9.39 Å². The highest BCUT2D eigenvalue weighted by Crippen LogP contribution is 2.23. The van der Waals surface area contributed by atoms with Gasteiger partial charge in [0.2, 0.25) is 0 Å². The van der Waals surface area contributed by atoms with Crippen molar-refractivity contribution < 1.29 is 18.7 Å². The number of anilines is 1. The Labute approximate surface area is 162 Å². The fraction of sp³-hybridized carbons (Fsp3) is 0.611. The number of amides is 1. The molecule has 7 heteroatoms. The second kappa shape index (κ2) is 8.53. The van der Waals surface area contributed by atoms with Crippen LogP contribution in [0.3, 0.4) is 0 Å². The van der Waals surface area contributed by atoms with Crippen LogP contribution < -0.4 is 5.32 Å². The van der Waals surface area contributed by atoms with Gasteiger partial charge in [-0.05, 0) is 74.9 Å². The van der Waals surface area contributed by atoms with Gasteiger partial charge in [0.05, 0.1) is 19.3 Å². The first-order chi connectivity index (χ1) is 11.7. The Morgan fingerprint density at radius 2 is 2.24 bits per heavy atom. The van der Waals surface area contributed by atoms with Crippen LogP contribution in [0.15, 0.2) is 18.2 Å². The average molecular weight is 464 g/mol. The molecule has 1 heterocycles. The third-order valence-electron chi connectivity index (χ3n) is 3.81. The van der Waals surface area contributed by atoms with Crippen LogP contribution in [-0.4, -0.2) is 48.4 Å². The Morgan fingerprint density at radius 1 is 1.52 bits per heavy atom. The number of halogens is 2. The molecule has 1 aliphatic heterocycles. The zero-order valence-electron chi connectivity index (χ0n) is 15.1. The molecule has 1 N–H and O–H groups in total. The number of benzene rings is 1. The van der Waals surface area contributed by atoms with E-state index in [4.69, 9.17) is 9.47 Å². The van der Waals surface area contributed by atoms with Crippen LogP contribution >= 0.6 is 22.6 Å². The highest BCUT2D eigenvalue weighted by Gasteiger charge is 2.31. The lowest BCUT2D eigenvalue weighted by atomic mass is 10.1. The number of nitrogens with one attached hydrogen (secondary N) is 1. The number of hydrogen-bond donors (Lipinski definition) is 1. The normalized spacial score (nSPS) is 19.4. The molecule has 2 unspecified atom stereocenters. The molecule has 140 valence electrons. The number of hydrogen-bond acceptors (Lipinski definition) is 4. The summed E-state index contributed by atoms with van der Waals surface area (Å²) >= 11 is 2.11. The molecule has 1 amide bonds. The maximum absolute atomic E-state index is 13.2. The lowest BCUT2D eigenvalue weighted by Crippen LogP contribution is -2.51. The molecular formula is C18H26FIN2O3. The molecule has 0 aliphatic carbocycles. The number of carbonyl (C=O) groups is 1. The van der Waals surface area contributed by atoms with Crippen molar-refractivity contribution in [3.8, 4) is 0 Å². The van der Waals surface area contributed by atoms with Gasteiger partial charge in [-0.1, -0.05) is 0 Å². The molecule has 0 bridgehead atoms. The van der Waals surface area contributed by atoms with Gasteiger partial charge in [0.25, 0.3) is 0 Å². The molecule has 2 rings (SSSR count). The zero-order valence-corrected chi connectivity index (χ0v) is 17.3. The van der Waals surface area contributed by atoms with Crippen LogP contribution in [0.25, 0.3) is 0 Å². The van der Waals surface area contributed by atoms with E-state index < -0.39 is 5.60 Å². The van der Waals surface area contributed by atoms with Crippen LogP contribution in [0.4, 0.5) is 14.9 Å². The van der Waals surface area contributed by atoms with E-state index in [0.717, 1.165) is 9.26 Å². The van der Waals surface area contributed by atoms with Gasteiger partial charge in [-0.15, -0.1) is 0 Å². The molecule has 0 spiro atoms. The minimum Gasteiger partial charge on any atom is -0.444 e. The maximum atomic E-state index is 13.2. The van der Waals surface area contributed by atoms with Crippen molar-refractivity contribution in [3.05, 3.63) is 27.6 Å². The van der Waals surface area contributed by atoms with Crippen LogP contribution in [0.1, 0.15) is 34.1 Å². The summed E-state index contributed by atoms with van der Waals surface area (Å²) < 4.78 is 25.1. The molecule has 5 nitrogen and oxygen atoms in total. The van der Waals surface area contributed by atoms with Crippen molar-refractivity contribution in [1.29, 1.82) is 0 Å². The highest BCUT2D eigenvalue weighted by molar-refractivity contribution is 14.1. The topological polar surface area (TPSA) is 50.8 Å². The first kappa shape index (κ1) is 20.2. The maximum Gasteiger partial charge on any atom is 0.410 e. The molecule has 1 aliphatic rings. The standard InChI is InChI=1S/C18H26FIN2O3/c1-12(21-16-6-5-13(19)10-15(16)20)9-14-11-24-8-7-22(14)17(23)25-18(2,3)4/h5-6,10,12,14,21H,7-9,11H2,1-4H3. The zero-order chi connectivity index (χ0) is 18.6. The van der Waals surface area contributed by atoms with Crippen molar-refractivity contribution in [3.63, 3.8) is 0 Å².